The molecule has 0 atom stereocenters. The van der Waals surface area contributed by atoms with Gasteiger partial charge in [-0.3, -0.25) is 4.79 Å². The second-order valence-electron chi connectivity index (χ2n) is 4.03. The molecule has 1 N–H and O–H groups in total. The van der Waals surface area contributed by atoms with Crippen molar-refractivity contribution < 1.29 is 14.3 Å². The van der Waals surface area contributed by atoms with Crippen LogP contribution < -0.4 is 14.8 Å². The van der Waals surface area contributed by atoms with E-state index in [-0.39, 0.29) is 5.91 Å². The quantitative estimate of drug-likeness (QED) is 0.926. The maximum atomic E-state index is 12.2. The number of carbonyl (C=O) groups is 1. The van der Waals surface area contributed by atoms with Crippen molar-refractivity contribution in [3.05, 3.63) is 52.5 Å². The Kier molecular flexibility index (Phi) is 4.63. The molecule has 0 aliphatic rings. The van der Waals surface area contributed by atoms with E-state index >= 15 is 0 Å². The lowest BCUT2D eigenvalue weighted by molar-refractivity contribution is 0.102. The second kappa shape index (κ2) is 6.43. The monoisotopic (exact) mass is 335 g/mol. The summed E-state index contributed by atoms with van der Waals surface area (Å²) < 4.78 is 11.3. The zero-order valence-corrected chi connectivity index (χ0v) is 12.7. The number of ether oxygens (including phenoxy) is 2. The van der Waals surface area contributed by atoms with E-state index in [1.807, 2.05) is 12.1 Å². The Morgan fingerprint density at radius 1 is 1.05 bits per heavy atom. The fourth-order valence-corrected chi connectivity index (χ4v) is 1.97. The van der Waals surface area contributed by atoms with E-state index < -0.39 is 0 Å². The third kappa shape index (κ3) is 3.30. The van der Waals surface area contributed by atoms with Gasteiger partial charge in [-0.1, -0.05) is 15.9 Å². The number of amides is 1. The first-order valence-corrected chi connectivity index (χ1v) is 6.72. The van der Waals surface area contributed by atoms with Crippen molar-refractivity contribution >= 4 is 27.5 Å². The topological polar surface area (TPSA) is 47.6 Å². The fourth-order valence-electron chi connectivity index (χ4n) is 1.71. The minimum Gasteiger partial charge on any atom is -0.497 e. The van der Waals surface area contributed by atoms with Gasteiger partial charge in [-0.15, -0.1) is 0 Å². The predicted octanol–water partition coefficient (Wildman–Crippen LogP) is 3.72. The molecule has 0 saturated carbocycles. The van der Waals surface area contributed by atoms with Gasteiger partial charge in [0.15, 0.2) is 0 Å². The highest BCUT2D eigenvalue weighted by Crippen LogP contribution is 2.29. The number of halogens is 1. The zero-order valence-electron chi connectivity index (χ0n) is 11.1. The number of nitrogens with one attached hydrogen (secondary N) is 1. The van der Waals surface area contributed by atoms with Crippen molar-refractivity contribution in [3.8, 4) is 11.5 Å². The summed E-state index contributed by atoms with van der Waals surface area (Å²) in [6.07, 6.45) is 0. The SMILES string of the molecule is COc1ccc(OC)c(NC(=O)c2ccc(Br)cc2)c1. The Balaban J connectivity index is 2.24. The van der Waals surface area contributed by atoms with E-state index in [2.05, 4.69) is 21.2 Å². The molecule has 5 heteroatoms. The van der Waals surface area contributed by atoms with Gasteiger partial charge in [0.1, 0.15) is 11.5 Å². The van der Waals surface area contributed by atoms with Crippen molar-refractivity contribution in [1.29, 1.82) is 0 Å². The number of anilines is 1. The van der Waals surface area contributed by atoms with Crippen LogP contribution in [0, 0.1) is 0 Å². The van der Waals surface area contributed by atoms with Crippen LogP contribution in [0.1, 0.15) is 10.4 Å². The molecule has 0 unspecified atom stereocenters. The summed E-state index contributed by atoms with van der Waals surface area (Å²) in [5, 5.41) is 2.81. The molecule has 0 radical (unpaired) electrons. The minimum atomic E-state index is -0.205. The average Bonchev–Trinajstić information content (AvgIpc) is 2.47. The molecule has 20 heavy (non-hydrogen) atoms. The van der Waals surface area contributed by atoms with Gasteiger partial charge in [0, 0.05) is 16.1 Å². The number of benzene rings is 2. The Hall–Kier alpha value is -2.01. The summed E-state index contributed by atoms with van der Waals surface area (Å²) >= 11 is 3.33. The van der Waals surface area contributed by atoms with Crippen LogP contribution in [0.2, 0.25) is 0 Å². The van der Waals surface area contributed by atoms with Gasteiger partial charge < -0.3 is 14.8 Å². The lowest BCUT2D eigenvalue weighted by atomic mass is 10.2. The lowest BCUT2D eigenvalue weighted by Gasteiger charge is -2.11. The maximum Gasteiger partial charge on any atom is 0.255 e. The highest BCUT2D eigenvalue weighted by Gasteiger charge is 2.10. The number of methoxy groups -OCH3 is 2. The Morgan fingerprint density at radius 2 is 1.75 bits per heavy atom. The van der Waals surface area contributed by atoms with Gasteiger partial charge in [0.05, 0.1) is 19.9 Å². The van der Waals surface area contributed by atoms with Gasteiger partial charge >= 0.3 is 0 Å². The van der Waals surface area contributed by atoms with E-state index in [0.29, 0.717) is 22.7 Å². The molecule has 0 aliphatic carbocycles. The van der Waals surface area contributed by atoms with Crippen molar-refractivity contribution in [3.63, 3.8) is 0 Å². The number of carbonyl (C=O) groups excluding carboxylic acids is 1. The Bertz CT molecular complexity index is 611. The van der Waals surface area contributed by atoms with E-state index in [9.17, 15) is 4.79 Å². The maximum absolute atomic E-state index is 12.2. The summed E-state index contributed by atoms with van der Waals surface area (Å²) in [5.74, 6) is 1.03. The molecule has 0 spiro atoms. The van der Waals surface area contributed by atoms with E-state index in [1.165, 1.54) is 0 Å². The number of rotatable bonds is 4. The number of hydrogen-bond donors (Lipinski definition) is 1. The van der Waals surface area contributed by atoms with E-state index in [1.54, 1.807) is 44.6 Å². The third-order valence-electron chi connectivity index (χ3n) is 2.76. The number of hydrogen-bond acceptors (Lipinski definition) is 3. The molecule has 4 nitrogen and oxygen atoms in total. The van der Waals surface area contributed by atoms with Crippen LogP contribution in [-0.2, 0) is 0 Å². The predicted molar refractivity (Wildman–Crippen MR) is 81.6 cm³/mol. The van der Waals surface area contributed by atoms with Crippen LogP contribution in [0.25, 0.3) is 0 Å². The highest BCUT2D eigenvalue weighted by atomic mass is 79.9. The molecule has 0 aliphatic heterocycles. The second-order valence-corrected chi connectivity index (χ2v) is 4.94. The molecule has 104 valence electrons. The summed E-state index contributed by atoms with van der Waals surface area (Å²) in [4.78, 5) is 12.2. The first-order valence-electron chi connectivity index (χ1n) is 5.93. The molecule has 1 amide bonds. The largest absolute Gasteiger partial charge is 0.497 e. The molecule has 0 saturated heterocycles. The summed E-state index contributed by atoms with van der Waals surface area (Å²) in [6.45, 7) is 0. The Labute approximate surface area is 125 Å². The molecular weight excluding hydrogens is 322 g/mol. The van der Waals surface area contributed by atoms with Crippen LogP contribution in [0.3, 0.4) is 0 Å². The standard InChI is InChI=1S/C15H14BrNO3/c1-19-12-7-8-14(20-2)13(9-12)17-15(18)10-3-5-11(16)6-4-10/h3-9H,1-2H3,(H,17,18). The molecule has 2 aromatic carbocycles. The molecule has 2 rings (SSSR count). The van der Waals surface area contributed by atoms with Crippen LogP contribution in [-0.4, -0.2) is 20.1 Å². The molecule has 0 heterocycles. The van der Waals surface area contributed by atoms with E-state index in [4.69, 9.17) is 9.47 Å². The molecular formula is C15H14BrNO3. The van der Waals surface area contributed by atoms with Crippen molar-refractivity contribution in [1.82, 2.24) is 0 Å². The molecule has 2 aromatic rings. The summed E-state index contributed by atoms with van der Waals surface area (Å²) in [7, 11) is 3.12. The highest BCUT2D eigenvalue weighted by molar-refractivity contribution is 9.10. The smallest absolute Gasteiger partial charge is 0.255 e. The first kappa shape index (κ1) is 14.4. The van der Waals surface area contributed by atoms with Crippen LogP contribution in [0.15, 0.2) is 46.9 Å². The minimum absolute atomic E-state index is 0.205. The van der Waals surface area contributed by atoms with Gasteiger partial charge in [0.25, 0.3) is 5.91 Å². The molecule has 0 fully saturated rings. The Morgan fingerprint density at radius 3 is 2.35 bits per heavy atom. The third-order valence-corrected chi connectivity index (χ3v) is 3.29. The van der Waals surface area contributed by atoms with Crippen LogP contribution >= 0.6 is 15.9 Å². The van der Waals surface area contributed by atoms with Gasteiger partial charge in [0.2, 0.25) is 0 Å². The average molecular weight is 336 g/mol. The van der Waals surface area contributed by atoms with Crippen molar-refractivity contribution in [2.24, 2.45) is 0 Å². The van der Waals surface area contributed by atoms with E-state index in [0.717, 1.165) is 4.47 Å². The zero-order chi connectivity index (χ0) is 14.5. The summed E-state index contributed by atoms with van der Waals surface area (Å²) in [6, 6.07) is 12.4. The van der Waals surface area contributed by atoms with Crippen molar-refractivity contribution in [2.75, 3.05) is 19.5 Å². The normalized spacial score (nSPS) is 9.95. The fraction of sp³-hybridized carbons (Fsp3) is 0.133. The first-order chi connectivity index (χ1) is 9.63. The van der Waals surface area contributed by atoms with Crippen LogP contribution in [0.5, 0.6) is 11.5 Å². The summed E-state index contributed by atoms with van der Waals surface area (Å²) in [5.41, 5.74) is 1.14. The lowest BCUT2D eigenvalue weighted by Crippen LogP contribution is -2.12. The van der Waals surface area contributed by atoms with Gasteiger partial charge in [-0.25, -0.2) is 0 Å². The van der Waals surface area contributed by atoms with Crippen molar-refractivity contribution in [2.45, 2.75) is 0 Å². The van der Waals surface area contributed by atoms with Gasteiger partial charge in [-0.2, -0.15) is 0 Å². The van der Waals surface area contributed by atoms with Gasteiger partial charge in [-0.05, 0) is 36.4 Å². The molecule has 0 bridgehead atoms. The van der Waals surface area contributed by atoms with Crippen LogP contribution in [0.4, 0.5) is 5.69 Å². The molecule has 0 aromatic heterocycles.